The number of halogens is 2. The first-order valence-electron chi connectivity index (χ1n) is 9.78. The maximum Gasteiger partial charge on any atom is 0.258 e. The highest BCUT2D eigenvalue weighted by Gasteiger charge is 2.15. The number of aromatic nitrogens is 1. The molecule has 0 spiro atoms. The van der Waals surface area contributed by atoms with Gasteiger partial charge < -0.3 is 9.88 Å². The van der Waals surface area contributed by atoms with E-state index in [4.69, 9.17) is 11.6 Å². The lowest BCUT2D eigenvalue weighted by Crippen LogP contribution is -2.16. The van der Waals surface area contributed by atoms with Gasteiger partial charge in [-0.25, -0.2) is 12.8 Å². The molecule has 6 nitrogen and oxygen atoms in total. The van der Waals surface area contributed by atoms with Crippen molar-refractivity contribution >= 4 is 49.5 Å². The first-order valence-corrected chi connectivity index (χ1v) is 11.7. The Bertz CT molecular complexity index is 1570. The Kier molecular flexibility index (Phi) is 5.97. The van der Waals surface area contributed by atoms with Gasteiger partial charge in [-0.3, -0.25) is 9.52 Å². The highest BCUT2D eigenvalue weighted by atomic mass is 35.5. The molecule has 0 saturated heterocycles. The number of aryl methyl sites for hydroxylation is 1. The fourth-order valence-electron chi connectivity index (χ4n) is 3.51. The first kappa shape index (κ1) is 22.6. The van der Waals surface area contributed by atoms with E-state index in [1.54, 1.807) is 49.6 Å². The van der Waals surface area contributed by atoms with Gasteiger partial charge in [0.15, 0.2) is 0 Å². The maximum atomic E-state index is 14.0. The molecule has 33 heavy (non-hydrogen) atoms. The molecule has 0 fully saturated rings. The van der Waals surface area contributed by atoms with Gasteiger partial charge in [0.25, 0.3) is 15.6 Å². The lowest BCUT2D eigenvalue weighted by atomic mass is 9.98. The van der Waals surface area contributed by atoms with Crippen molar-refractivity contribution < 1.29 is 12.8 Å². The van der Waals surface area contributed by atoms with Crippen LogP contribution < -0.4 is 15.6 Å². The van der Waals surface area contributed by atoms with Crippen LogP contribution in [-0.2, 0) is 17.1 Å². The Balaban J connectivity index is 1.95. The number of hydrogen-bond donors (Lipinski definition) is 2. The summed E-state index contributed by atoms with van der Waals surface area (Å²) in [5.74, 6) is -0.578. The van der Waals surface area contributed by atoms with Crippen molar-refractivity contribution in [3.63, 3.8) is 0 Å². The van der Waals surface area contributed by atoms with E-state index in [1.165, 1.54) is 16.7 Å². The summed E-state index contributed by atoms with van der Waals surface area (Å²) in [6, 6.07) is 16.4. The third-order valence-electron chi connectivity index (χ3n) is 5.08. The van der Waals surface area contributed by atoms with Crippen LogP contribution in [0.15, 0.2) is 83.6 Å². The molecular weight excluding hydrogens is 465 g/mol. The molecule has 4 aromatic rings. The normalized spacial score (nSPS) is 11.4. The van der Waals surface area contributed by atoms with E-state index in [1.807, 2.05) is 12.1 Å². The summed E-state index contributed by atoms with van der Waals surface area (Å²) >= 11 is 5.80. The molecule has 0 aliphatic rings. The van der Waals surface area contributed by atoms with E-state index in [-0.39, 0.29) is 10.6 Å². The van der Waals surface area contributed by atoms with Crippen molar-refractivity contribution in [1.82, 2.24) is 4.57 Å². The molecule has 0 bridgehead atoms. The van der Waals surface area contributed by atoms with Crippen LogP contribution in [-0.4, -0.2) is 13.0 Å². The Labute approximate surface area is 195 Å². The van der Waals surface area contributed by atoms with E-state index in [0.29, 0.717) is 39.0 Å². The molecular formula is C24H19ClFN3O3S. The summed E-state index contributed by atoms with van der Waals surface area (Å²) < 4.78 is 42.0. The summed E-state index contributed by atoms with van der Waals surface area (Å²) in [5.41, 5.74) is 2.45. The van der Waals surface area contributed by atoms with Crippen molar-refractivity contribution in [3.8, 4) is 11.1 Å². The van der Waals surface area contributed by atoms with Crippen LogP contribution in [0, 0.1) is 5.82 Å². The molecule has 0 atom stereocenters. The number of fused-ring (bicyclic) bond motifs is 1. The van der Waals surface area contributed by atoms with E-state index >= 15 is 0 Å². The van der Waals surface area contributed by atoms with Gasteiger partial charge in [-0.1, -0.05) is 36.4 Å². The number of hydrogen-bond acceptors (Lipinski definition) is 4. The molecule has 2 N–H and O–H groups in total. The summed E-state index contributed by atoms with van der Waals surface area (Å²) in [4.78, 5) is 12.6. The minimum atomic E-state index is -3.74. The van der Waals surface area contributed by atoms with Crippen LogP contribution in [0.1, 0.15) is 0 Å². The summed E-state index contributed by atoms with van der Waals surface area (Å²) in [6.45, 7) is 3.31. The molecule has 0 saturated carbocycles. The lowest BCUT2D eigenvalue weighted by Gasteiger charge is -2.17. The number of sulfonamides is 1. The van der Waals surface area contributed by atoms with Crippen LogP contribution in [0.3, 0.4) is 0 Å². The fraction of sp³-hybridized carbons (Fsp3) is 0.0417. The molecule has 0 radical (unpaired) electrons. The van der Waals surface area contributed by atoms with Crippen molar-refractivity contribution in [2.24, 2.45) is 7.05 Å². The molecule has 168 valence electrons. The molecule has 0 aliphatic heterocycles. The standard InChI is InChI=1S/C24H19ClFN3O3S/c1-3-33(31,32)28-16-9-11-23(27-15-8-10-21(25)22(26)13-15)19(12-16)20-14-29(2)24(30)18-7-5-4-6-17(18)20/h3-14,27-28H,1H2,2H3. The van der Waals surface area contributed by atoms with Crippen LogP contribution in [0.5, 0.6) is 0 Å². The summed E-state index contributed by atoms with van der Waals surface area (Å²) in [5, 5.41) is 5.18. The lowest BCUT2D eigenvalue weighted by molar-refractivity contribution is 0.609. The van der Waals surface area contributed by atoms with E-state index in [9.17, 15) is 17.6 Å². The second kappa shape index (κ2) is 8.73. The summed E-state index contributed by atoms with van der Waals surface area (Å²) in [6.07, 6.45) is 1.68. The number of nitrogens with one attached hydrogen (secondary N) is 2. The van der Waals surface area contributed by atoms with E-state index < -0.39 is 15.8 Å². The number of pyridine rings is 1. The Morgan fingerprint density at radius 2 is 1.70 bits per heavy atom. The van der Waals surface area contributed by atoms with Crippen LogP contribution in [0.25, 0.3) is 21.9 Å². The van der Waals surface area contributed by atoms with Gasteiger partial charge in [0, 0.05) is 52.2 Å². The zero-order valence-electron chi connectivity index (χ0n) is 17.5. The van der Waals surface area contributed by atoms with Gasteiger partial charge >= 0.3 is 0 Å². The topological polar surface area (TPSA) is 80.2 Å². The summed E-state index contributed by atoms with van der Waals surface area (Å²) in [7, 11) is -2.09. The molecule has 1 aromatic heterocycles. The zero-order chi connectivity index (χ0) is 23.8. The van der Waals surface area contributed by atoms with Gasteiger partial charge in [-0.05, 0) is 47.9 Å². The minimum absolute atomic E-state index is 0.000920. The van der Waals surface area contributed by atoms with Crippen molar-refractivity contribution in [1.29, 1.82) is 0 Å². The average Bonchev–Trinajstić information content (AvgIpc) is 2.79. The van der Waals surface area contributed by atoms with E-state index in [0.717, 1.165) is 5.41 Å². The van der Waals surface area contributed by atoms with Gasteiger partial charge in [0.05, 0.1) is 5.02 Å². The Hall–Kier alpha value is -3.62. The van der Waals surface area contributed by atoms with Crippen LogP contribution in [0.2, 0.25) is 5.02 Å². The number of anilines is 3. The predicted octanol–water partition coefficient (Wildman–Crippen LogP) is 5.63. The van der Waals surface area contributed by atoms with Crippen molar-refractivity contribution in [2.75, 3.05) is 10.0 Å². The molecule has 3 aromatic carbocycles. The predicted molar refractivity (Wildman–Crippen MR) is 132 cm³/mol. The monoisotopic (exact) mass is 483 g/mol. The average molecular weight is 484 g/mol. The highest BCUT2D eigenvalue weighted by molar-refractivity contribution is 7.95. The van der Waals surface area contributed by atoms with Gasteiger partial charge in [0.2, 0.25) is 0 Å². The third kappa shape index (κ3) is 4.62. The third-order valence-corrected chi connectivity index (χ3v) is 6.34. The van der Waals surface area contributed by atoms with Crippen LogP contribution in [0.4, 0.5) is 21.5 Å². The molecule has 1 heterocycles. The van der Waals surface area contributed by atoms with Crippen LogP contribution >= 0.6 is 11.6 Å². The second-order valence-electron chi connectivity index (χ2n) is 7.33. The highest BCUT2D eigenvalue weighted by Crippen LogP contribution is 2.36. The Morgan fingerprint density at radius 3 is 2.39 bits per heavy atom. The van der Waals surface area contributed by atoms with Gasteiger partial charge in [-0.2, -0.15) is 0 Å². The number of nitrogens with zero attached hydrogens (tertiary/aromatic N) is 1. The second-order valence-corrected chi connectivity index (χ2v) is 9.37. The SMILES string of the molecule is C=CS(=O)(=O)Nc1ccc(Nc2ccc(Cl)c(F)c2)c(-c2cn(C)c(=O)c3ccccc23)c1. The molecule has 9 heteroatoms. The smallest absolute Gasteiger partial charge is 0.258 e. The fourth-order valence-corrected chi connectivity index (χ4v) is 4.16. The molecule has 4 rings (SSSR count). The molecule has 0 unspecified atom stereocenters. The maximum absolute atomic E-state index is 14.0. The number of rotatable bonds is 6. The van der Waals surface area contributed by atoms with Gasteiger partial charge in [-0.15, -0.1) is 0 Å². The zero-order valence-corrected chi connectivity index (χ0v) is 19.0. The molecule has 0 aliphatic carbocycles. The first-order chi connectivity index (χ1) is 15.7. The number of benzene rings is 3. The van der Waals surface area contributed by atoms with Crippen molar-refractivity contribution in [2.45, 2.75) is 0 Å². The molecule has 0 amide bonds. The van der Waals surface area contributed by atoms with Crippen molar-refractivity contribution in [3.05, 3.63) is 100 Å². The quantitative estimate of drug-likeness (QED) is 0.372. The minimum Gasteiger partial charge on any atom is -0.355 e. The van der Waals surface area contributed by atoms with Gasteiger partial charge in [0.1, 0.15) is 5.82 Å². The largest absolute Gasteiger partial charge is 0.355 e. The Morgan fingerprint density at radius 1 is 1.00 bits per heavy atom. The van der Waals surface area contributed by atoms with E-state index in [2.05, 4.69) is 16.6 Å².